The molecular weight excluding hydrogens is 350 g/mol. The highest BCUT2D eigenvalue weighted by atomic mass is 79.9. The zero-order valence-corrected chi connectivity index (χ0v) is 14.2. The summed E-state index contributed by atoms with van der Waals surface area (Å²) in [5.74, 6) is 0. The van der Waals surface area contributed by atoms with E-state index < -0.39 is 0 Å². The van der Waals surface area contributed by atoms with Gasteiger partial charge in [0.25, 0.3) is 0 Å². The molecule has 0 spiro atoms. The van der Waals surface area contributed by atoms with Gasteiger partial charge in [-0.2, -0.15) is 0 Å². The van der Waals surface area contributed by atoms with Crippen molar-refractivity contribution in [3.05, 3.63) is 73.0 Å². The van der Waals surface area contributed by atoms with Crippen LogP contribution in [0.4, 0.5) is 5.69 Å². The van der Waals surface area contributed by atoms with E-state index in [0.29, 0.717) is 0 Å². The fraction of sp³-hybridized carbons (Fsp3) is 0.125. The third-order valence-corrected chi connectivity index (χ3v) is 5.87. The molecule has 1 nitrogen and oxygen atoms in total. The Morgan fingerprint density at radius 2 is 1.65 bits per heavy atom. The van der Waals surface area contributed by atoms with Gasteiger partial charge >= 0.3 is 0 Å². The summed E-state index contributed by atoms with van der Waals surface area (Å²) in [4.78, 5) is 2.67. The zero-order valence-electron chi connectivity index (χ0n) is 11.0. The monoisotopic (exact) mass is 363 g/mol. The van der Waals surface area contributed by atoms with Crippen molar-refractivity contribution in [3.8, 4) is 0 Å². The van der Waals surface area contributed by atoms with E-state index in [1.54, 1.807) is 22.7 Å². The summed E-state index contributed by atoms with van der Waals surface area (Å²) < 4.78 is 1.14. The van der Waals surface area contributed by atoms with Crippen LogP contribution in [0.2, 0.25) is 0 Å². The Morgan fingerprint density at radius 1 is 1.00 bits per heavy atom. The van der Waals surface area contributed by atoms with Gasteiger partial charge in [0.05, 0.1) is 6.04 Å². The smallest absolute Gasteiger partial charge is 0.0953 e. The standard InChI is InChI=1S/C16H14BrNS2/c1-11-6-7-12(10-13(11)17)18-16(14-4-2-8-19-14)15-5-3-9-20-15/h2-10,16,18H,1H3. The topological polar surface area (TPSA) is 12.0 Å². The maximum Gasteiger partial charge on any atom is 0.0953 e. The lowest BCUT2D eigenvalue weighted by Crippen LogP contribution is -2.09. The Bertz CT molecular complexity index is 640. The largest absolute Gasteiger partial charge is 0.373 e. The Balaban J connectivity index is 1.92. The van der Waals surface area contributed by atoms with Crippen molar-refractivity contribution in [2.24, 2.45) is 0 Å². The number of benzene rings is 1. The highest BCUT2D eigenvalue weighted by Gasteiger charge is 2.16. The summed E-state index contributed by atoms with van der Waals surface area (Å²) in [5.41, 5.74) is 2.38. The number of nitrogens with one attached hydrogen (secondary N) is 1. The molecule has 1 N–H and O–H groups in total. The normalized spacial score (nSPS) is 10.9. The van der Waals surface area contributed by atoms with Gasteiger partial charge in [-0.05, 0) is 47.5 Å². The van der Waals surface area contributed by atoms with Crippen molar-refractivity contribution < 1.29 is 0 Å². The third kappa shape index (κ3) is 2.97. The number of rotatable bonds is 4. The number of hydrogen-bond acceptors (Lipinski definition) is 3. The van der Waals surface area contributed by atoms with Crippen LogP contribution >= 0.6 is 38.6 Å². The minimum absolute atomic E-state index is 0.226. The second-order valence-electron chi connectivity index (χ2n) is 4.57. The lowest BCUT2D eigenvalue weighted by Gasteiger charge is -2.18. The number of hydrogen-bond donors (Lipinski definition) is 1. The van der Waals surface area contributed by atoms with E-state index in [1.165, 1.54) is 15.3 Å². The van der Waals surface area contributed by atoms with Crippen LogP contribution in [0.1, 0.15) is 21.4 Å². The number of halogens is 1. The molecule has 20 heavy (non-hydrogen) atoms. The van der Waals surface area contributed by atoms with Crippen molar-refractivity contribution in [2.75, 3.05) is 5.32 Å². The van der Waals surface area contributed by atoms with E-state index in [0.717, 1.165) is 10.2 Å². The van der Waals surface area contributed by atoms with Crippen LogP contribution in [0.15, 0.2) is 57.7 Å². The summed E-state index contributed by atoms with van der Waals surface area (Å²) >= 11 is 7.18. The molecule has 0 bridgehead atoms. The summed E-state index contributed by atoms with van der Waals surface area (Å²) in [6, 6.07) is 15.2. The lowest BCUT2D eigenvalue weighted by atomic mass is 10.1. The van der Waals surface area contributed by atoms with Crippen LogP contribution in [0, 0.1) is 6.92 Å². The summed E-state index contributed by atoms with van der Waals surface area (Å²) in [6.45, 7) is 2.10. The second-order valence-corrected chi connectivity index (χ2v) is 7.39. The molecule has 0 aliphatic rings. The van der Waals surface area contributed by atoms with E-state index in [9.17, 15) is 0 Å². The van der Waals surface area contributed by atoms with Crippen molar-refractivity contribution in [1.29, 1.82) is 0 Å². The molecule has 0 aliphatic carbocycles. The van der Waals surface area contributed by atoms with Crippen LogP contribution < -0.4 is 5.32 Å². The first-order chi connectivity index (χ1) is 9.74. The fourth-order valence-electron chi connectivity index (χ4n) is 2.04. The van der Waals surface area contributed by atoms with E-state index in [2.05, 4.69) is 81.4 Å². The van der Waals surface area contributed by atoms with Crippen LogP contribution in [0.25, 0.3) is 0 Å². The lowest BCUT2D eigenvalue weighted by molar-refractivity contribution is 0.992. The first-order valence-corrected chi connectivity index (χ1v) is 8.89. The predicted molar refractivity (Wildman–Crippen MR) is 93.0 cm³/mol. The Kier molecular flexibility index (Phi) is 4.24. The highest BCUT2D eigenvalue weighted by molar-refractivity contribution is 9.10. The van der Waals surface area contributed by atoms with Gasteiger partial charge in [0.1, 0.15) is 0 Å². The molecule has 0 aliphatic heterocycles. The molecule has 0 saturated heterocycles. The molecule has 4 heteroatoms. The summed E-state index contributed by atoms with van der Waals surface area (Å²) in [7, 11) is 0. The SMILES string of the molecule is Cc1ccc(NC(c2cccs2)c2cccs2)cc1Br. The Morgan fingerprint density at radius 3 is 2.15 bits per heavy atom. The van der Waals surface area contributed by atoms with Gasteiger partial charge in [-0.25, -0.2) is 0 Å². The quantitative estimate of drug-likeness (QED) is 0.591. The molecule has 2 heterocycles. The first kappa shape index (κ1) is 13.9. The molecule has 102 valence electrons. The summed E-state index contributed by atoms with van der Waals surface area (Å²) in [6.07, 6.45) is 0. The zero-order chi connectivity index (χ0) is 13.9. The summed E-state index contributed by atoms with van der Waals surface area (Å²) in [5, 5.41) is 7.90. The van der Waals surface area contributed by atoms with Gasteiger partial charge in [0.15, 0.2) is 0 Å². The number of thiophene rings is 2. The molecule has 0 radical (unpaired) electrons. The van der Waals surface area contributed by atoms with Crippen LogP contribution in [0.3, 0.4) is 0 Å². The Labute approximate surface area is 135 Å². The van der Waals surface area contributed by atoms with E-state index >= 15 is 0 Å². The maximum absolute atomic E-state index is 3.64. The molecule has 0 amide bonds. The Hall–Kier alpha value is -1.10. The van der Waals surface area contributed by atoms with Crippen molar-refractivity contribution in [2.45, 2.75) is 13.0 Å². The maximum atomic E-state index is 3.64. The van der Waals surface area contributed by atoms with Crippen molar-refractivity contribution >= 4 is 44.3 Å². The van der Waals surface area contributed by atoms with Gasteiger partial charge in [0.2, 0.25) is 0 Å². The molecule has 2 aromatic heterocycles. The first-order valence-electron chi connectivity index (χ1n) is 6.33. The number of aryl methyl sites for hydroxylation is 1. The average Bonchev–Trinajstić information content (AvgIpc) is 3.12. The van der Waals surface area contributed by atoms with E-state index in [1.807, 2.05) is 0 Å². The molecule has 1 aromatic carbocycles. The second kappa shape index (κ2) is 6.12. The molecule has 3 rings (SSSR count). The molecule has 3 aromatic rings. The van der Waals surface area contributed by atoms with E-state index in [4.69, 9.17) is 0 Å². The van der Waals surface area contributed by atoms with Crippen LogP contribution in [-0.4, -0.2) is 0 Å². The molecule has 0 saturated carbocycles. The van der Waals surface area contributed by atoms with Gasteiger partial charge in [-0.1, -0.05) is 34.1 Å². The number of anilines is 1. The minimum atomic E-state index is 0.226. The minimum Gasteiger partial charge on any atom is -0.373 e. The van der Waals surface area contributed by atoms with Gasteiger partial charge in [-0.3, -0.25) is 0 Å². The third-order valence-electron chi connectivity index (χ3n) is 3.14. The molecule has 0 fully saturated rings. The van der Waals surface area contributed by atoms with Crippen LogP contribution in [-0.2, 0) is 0 Å². The van der Waals surface area contributed by atoms with Gasteiger partial charge in [0, 0.05) is 19.9 Å². The van der Waals surface area contributed by atoms with Gasteiger partial charge in [-0.15, -0.1) is 22.7 Å². The van der Waals surface area contributed by atoms with Crippen molar-refractivity contribution in [3.63, 3.8) is 0 Å². The van der Waals surface area contributed by atoms with Gasteiger partial charge < -0.3 is 5.32 Å². The fourth-order valence-corrected chi connectivity index (χ4v) is 4.08. The van der Waals surface area contributed by atoms with Crippen LogP contribution in [0.5, 0.6) is 0 Å². The van der Waals surface area contributed by atoms with E-state index in [-0.39, 0.29) is 6.04 Å². The van der Waals surface area contributed by atoms with Crippen molar-refractivity contribution in [1.82, 2.24) is 0 Å². The highest BCUT2D eigenvalue weighted by Crippen LogP contribution is 2.33. The molecule has 0 unspecified atom stereocenters. The molecular formula is C16H14BrNS2. The average molecular weight is 364 g/mol. The predicted octanol–water partition coefficient (Wildman–Crippen LogP) is 6.08. The molecule has 0 atom stereocenters.